The number of ether oxygens (including phenoxy) is 2. The van der Waals surface area contributed by atoms with Crippen LogP contribution in [-0.4, -0.2) is 52.6 Å². The Bertz CT molecular complexity index is 660. The predicted molar refractivity (Wildman–Crippen MR) is 81.2 cm³/mol. The van der Waals surface area contributed by atoms with E-state index in [0.717, 1.165) is 4.31 Å². The summed E-state index contributed by atoms with van der Waals surface area (Å²) in [5, 5.41) is 0. The summed E-state index contributed by atoms with van der Waals surface area (Å²) in [7, 11) is -0.644. The molecule has 22 heavy (non-hydrogen) atoms. The van der Waals surface area contributed by atoms with Crippen LogP contribution in [0.4, 0.5) is 5.69 Å². The van der Waals surface area contributed by atoms with E-state index in [1.807, 2.05) is 0 Å². The smallest absolute Gasteiger partial charge is 0.278 e. The first kappa shape index (κ1) is 16.5. The Labute approximate surface area is 129 Å². The fourth-order valence-corrected chi connectivity index (χ4v) is 2.54. The maximum Gasteiger partial charge on any atom is 0.278 e. The van der Waals surface area contributed by atoms with Gasteiger partial charge in [0.1, 0.15) is 0 Å². The van der Waals surface area contributed by atoms with Crippen LogP contribution in [0.1, 0.15) is 6.92 Å². The molecule has 9 heteroatoms. The van der Waals surface area contributed by atoms with E-state index in [1.165, 1.54) is 25.9 Å². The molecule has 1 N–H and O–H groups in total. The molecular weight excluding hydrogens is 310 g/mol. The second kappa shape index (κ2) is 6.51. The number of hydrogen-bond acceptors (Lipinski definition) is 5. The van der Waals surface area contributed by atoms with Crippen LogP contribution in [0.3, 0.4) is 0 Å². The van der Waals surface area contributed by atoms with E-state index in [1.54, 1.807) is 18.2 Å². The SMILES string of the molecule is CC(=O)N(CCNS(=O)(=O)N(C)C)c1ccc2c(c1)OCO2. The van der Waals surface area contributed by atoms with E-state index in [2.05, 4.69) is 4.72 Å². The lowest BCUT2D eigenvalue weighted by Crippen LogP contribution is -2.41. The Hall–Kier alpha value is -1.84. The van der Waals surface area contributed by atoms with Gasteiger partial charge in [-0.3, -0.25) is 4.79 Å². The number of rotatable bonds is 6. The van der Waals surface area contributed by atoms with E-state index in [0.29, 0.717) is 17.2 Å². The summed E-state index contributed by atoms with van der Waals surface area (Å²) in [5.41, 5.74) is 0.626. The molecule has 0 atom stereocenters. The summed E-state index contributed by atoms with van der Waals surface area (Å²) < 4.78 is 37.3. The Morgan fingerprint density at radius 1 is 1.27 bits per heavy atom. The summed E-state index contributed by atoms with van der Waals surface area (Å²) in [4.78, 5) is 13.3. The van der Waals surface area contributed by atoms with E-state index in [4.69, 9.17) is 9.47 Å². The molecule has 0 bridgehead atoms. The molecule has 0 fully saturated rings. The second-order valence-corrected chi connectivity index (χ2v) is 6.86. The monoisotopic (exact) mass is 329 g/mol. The summed E-state index contributed by atoms with van der Waals surface area (Å²) in [6.45, 7) is 1.89. The second-order valence-electron chi connectivity index (χ2n) is 4.89. The summed E-state index contributed by atoms with van der Waals surface area (Å²) in [6.07, 6.45) is 0. The van der Waals surface area contributed by atoms with Gasteiger partial charge in [0.2, 0.25) is 12.7 Å². The zero-order valence-corrected chi connectivity index (χ0v) is 13.5. The molecule has 1 aromatic carbocycles. The van der Waals surface area contributed by atoms with Crippen LogP contribution in [-0.2, 0) is 15.0 Å². The Kier molecular flexibility index (Phi) is 4.89. The quantitative estimate of drug-likeness (QED) is 0.803. The number of amides is 1. The highest BCUT2D eigenvalue weighted by Gasteiger charge is 2.19. The zero-order chi connectivity index (χ0) is 16.3. The molecule has 0 aliphatic carbocycles. The lowest BCUT2D eigenvalue weighted by Gasteiger charge is -2.22. The first-order valence-electron chi connectivity index (χ1n) is 6.66. The van der Waals surface area contributed by atoms with Crippen molar-refractivity contribution in [3.05, 3.63) is 18.2 Å². The zero-order valence-electron chi connectivity index (χ0n) is 12.7. The van der Waals surface area contributed by atoms with E-state index < -0.39 is 10.2 Å². The van der Waals surface area contributed by atoms with Crippen LogP contribution in [0.25, 0.3) is 0 Å². The van der Waals surface area contributed by atoms with E-state index in [9.17, 15) is 13.2 Å². The maximum absolute atomic E-state index is 11.8. The molecule has 1 aliphatic heterocycles. The highest BCUT2D eigenvalue weighted by molar-refractivity contribution is 7.87. The third kappa shape index (κ3) is 3.67. The number of nitrogens with zero attached hydrogens (tertiary/aromatic N) is 2. The van der Waals surface area contributed by atoms with Crippen LogP contribution in [0.2, 0.25) is 0 Å². The minimum absolute atomic E-state index is 0.106. The van der Waals surface area contributed by atoms with Gasteiger partial charge in [0.25, 0.3) is 10.2 Å². The number of carbonyl (C=O) groups is 1. The van der Waals surface area contributed by atoms with Crippen molar-refractivity contribution in [2.45, 2.75) is 6.92 Å². The van der Waals surface area contributed by atoms with Gasteiger partial charge < -0.3 is 14.4 Å². The summed E-state index contributed by atoms with van der Waals surface area (Å²) >= 11 is 0. The molecule has 8 nitrogen and oxygen atoms in total. The van der Waals surface area contributed by atoms with Gasteiger partial charge in [0, 0.05) is 45.9 Å². The van der Waals surface area contributed by atoms with Crippen LogP contribution in [0.15, 0.2) is 18.2 Å². The molecule has 1 aliphatic rings. The number of fused-ring (bicyclic) bond motifs is 1. The first-order chi connectivity index (χ1) is 10.3. The van der Waals surface area contributed by atoms with E-state index in [-0.39, 0.29) is 25.8 Å². The summed E-state index contributed by atoms with van der Waals surface area (Å²) in [6, 6.07) is 5.15. The predicted octanol–water partition coefficient (Wildman–Crippen LogP) is 0.164. The van der Waals surface area contributed by atoms with Gasteiger partial charge in [-0.15, -0.1) is 0 Å². The lowest BCUT2D eigenvalue weighted by molar-refractivity contribution is -0.116. The number of nitrogens with one attached hydrogen (secondary N) is 1. The molecule has 0 spiro atoms. The van der Waals surface area contributed by atoms with Crippen molar-refractivity contribution in [2.75, 3.05) is 38.9 Å². The average Bonchev–Trinajstić information content (AvgIpc) is 2.90. The van der Waals surface area contributed by atoms with E-state index >= 15 is 0 Å². The topological polar surface area (TPSA) is 88.2 Å². The van der Waals surface area contributed by atoms with Gasteiger partial charge in [-0.2, -0.15) is 12.7 Å². The van der Waals surface area contributed by atoms with Gasteiger partial charge in [-0.25, -0.2) is 4.72 Å². The van der Waals surface area contributed by atoms with Gasteiger partial charge in [0.05, 0.1) is 0 Å². The Morgan fingerprint density at radius 3 is 2.59 bits per heavy atom. The van der Waals surface area contributed by atoms with Gasteiger partial charge in [0.15, 0.2) is 11.5 Å². The highest BCUT2D eigenvalue weighted by atomic mass is 32.2. The lowest BCUT2D eigenvalue weighted by atomic mass is 10.2. The summed E-state index contributed by atoms with van der Waals surface area (Å²) in [5.74, 6) is 1.00. The molecule has 0 radical (unpaired) electrons. The van der Waals surface area contributed by atoms with Crippen molar-refractivity contribution in [1.29, 1.82) is 0 Å². The third-order valence-electron chi connectivity index (χ3n) is 3.15. The molecule has 0 saturated heterocycles. The fourth-order valence-electron chi connectivity index (χ4n) is 1.94. The molecule has 2 rings (SSSR count). The normalized spacial score (nSPS) is 13.5. The Morgan fingerprint density at radius 2 is 1.95 bits per heavy atom. The highest BCUT2D eigenvalue weighted by Crippen LogP contribution is 2.35. The van der Waals surface area contributed by atoms with Gasteiger partial charge in [-0.05, 0) is 12.1 Å². The van der Waals surface area contributed by atoms with Gasteiger partial charge >= 0.3 is 0 Å². The van der Waals surface area contributed by atoms with Gasteiger partial charge in [-0.1, -0.05) is 0 Å². The van der Waals surface area contributed by atoms with Crippen LogP contribution in [0.5, 0.6) is 11.5 Å². The minimum Gasteiger partial charge on any atom is -0.454 e. The van der Waals surface area contributed by atoms with Crippen LogP contribution in [0, 0.1) is 0 Å². The molecule has 1 heterocycles. The molecule has 0 saturated carbocycles. The van der Waals surface area contributed by atoms with Crippen LogP contribution >= 0.6 is 0 Å². The number of carbonyl (C=O) groups excluding carboxylic acids is 1. The average molecular weight is 329 g/mol. The van der Waals surface area contributed by atoms with Crippen LogP contribution < -0.4 is 19.1 Å². The largest absolute Gasteiger partial charge is 0.454 e. The molecule has 122 valence electrons. The molecule has 0 aromatic heterocycles. The van der Waals surface area contributed by atoms with Crippen molar-refractivity contribution in [2.24, 2.45) is 0 Å². The van der Waals surface area contributed by atoms with Crippen molar-refractivity contribution < 1.29 is 22.7 Å². The van der Waals surface area contributed by atoms with Crippen molar-refractivity contribution in [1.82, 2.24) is 9.03 Å². The van der Waals surface area contributed by atoms with Crippen molar-refractivity contribution >= 4 is 21.8 Å². The molecular formula is C13H19N3O5S. The molecule has 1 aromatic rings. The first-order valence-corrected chi connectivity index (χ1v) is 8.10. The molecule has 0 unspecified atom stereocenters. The fraction of sp³-hybridized carbons (Fsp3) is 0.462. The number of benzene rings is 1. The third-order valence-corrected chi connectivity index (χ3v) is 4.68. The molecule has 1 amide bonds. The van der Waals surface area contributed by atoms with Crippen molar-refractivity contribution in [3.63, 3.8) is 0 Å². The standard InChI is InChI=1S/C13H19N3O5S/c1-10(17)16(7-6-14-22(18,19)15(2)3)11-4-5-12-13(8-11)21-9-20-12/h4-5,8,14H,6-7,9H2,1-3H3. The minimum atomic E-state index is -3.51. The maximum atomic E-state index is 11.8. The van der Waals surface area contributed by atoms with Crippen molar-refractivity contribution in [3.8, 4) is 11.5 Å². The Balaban J connectivity index is 2.06. The number of hydrogen-bond donors (Lipinski definition) is 1. The number of anilines is 1.